The molecule has 2 N–H and O–H groups in total. The number of thioether (sulfide) groups is 1. The highest BCUT2D eigenvalue weighted by Crippen LogP contribution is 2.06. The Morgan fingerprint density at radius 3 is 2.89 bits per heavy atom. The number of hydrogen-bond acceptors (Lipinski definition) is 4. The monoisotopic (exact) mass is 272 g/mol. The van der Waals surface area contributed by atoms with Gasteiger partial charge in [0.05, 0.1) is 5.56 Å². The quantitative estimate of drug-likeness (QED) is 0.760. The van der Waals surface area contributed by atoms with Crippen molar-refractivity contribution in [2.45, 2.75) is 12.5 Å². The Morgan fingerprint density at radius 1 is 1.61 bits per heavy atom. The molecule has 1 atom stereocenters. The second kappa shape index (κ2) is 6.95. The fourth-order valence-electron chi connectivity index (χ4n) is 1.28. The van der Waals surface area contributed by atoms with Gasteiger partial charge in [-0.05, 0) is 30.6 Å². The molecular weight excluding hydrogens is 259 g/mol. The van der Waals surface area contributed by atoms with Crippen LogP contribution >= 0.6 is 11.8 Å². The summed E-state index contributed by atoms with van der Waals surface area (Å²) in [5.41, 5.74) is -0.257. The number of carbonyl (C=O) groups is 2. The van der Waals surface area contributed by atoms with E-state index in [1.165, 1.54) is 30.1 Å². The summed E-state index contributed by atoms with van der Waals surface area (Å²) in [4.78, 5) is 25.9. The van der Waals surface area contributed by atoms with Crippen LogP contribution in [0.25, 0.3) is 0 Å². The van der Waals surface area contributed by atoms with Gasteiger partial charge in [-0.1, -0.05) is 0 Å². The van der Waals surface area contributed by atoms with Crippen molar-refractivity contribution in [3.63, 3.8) is 0 Å². The van der Waals surface area contributed by atoms with Crippen LogP contribution in [0.3, 0.4) is 0 Å². The van der Waals surface area contributed by atoms with E-state index in [4.69, 9.17) is 5.11 Å². The number of carbonyl (C=O) groups excluding carboxylic acids is 1. The predicted molar refractivity (Wildman–Crippen MR) is 66.1 cm³/mol. The van der Waals surface area contributed by atoms with E-state index in [-0.39, 0.29) is 12.0 Å². The summed E-state index contributed by atoms with van der Waals surface area (Å²) in [7, 11) is 0. The molecule has 0 spiro atoms. The highest BCUT2D eigenvalue weighted by atomic mass is 32.2. The molecule has 98 valence electrons. The van der Waals surface area contributed by atoms with E-state index < -0.39 is 23.9 Å². The minimum Gasteiger partial charge on any atom is -0.480 e. The lowest BCUT2D eigenvalue weighted by Gasteiger charge is -2.13. The molecule has 0 aliphatic carbocycles. The number of halogens is 1. The van der Waals surface area contributed by atoms with Crippen molar-refractivity contribution in [1.29, 1.82) is 0 Å². The molecule has 1 amide bonds. The van der Waals surface area contributed by atoms with Gasteiger partial charge >= 0.3 is 5.97 Å². The maximum absolute atomic E-state index is 13.2. The second-order valence-corrected chi connectivity index (χ2v) is 4.47. The van der Waals surface area contributed by atoms with Crippen molar-refractivity contribution in [2.75, 3.05) is 12.0 Å². The van der Waals surface area contributed by atoms with Gasteiger partial charge in [0.2, 0.25) is 5.95 Å². The number of pyridine rings is 1. The van der Waals surface area contributed by atoms with E-state index in [0.717, 1.165) is 0 Å². The number of rotatable bonds is 6. The zero-order valence-electron chi connectivity index (χ0n) is 9.72. The Labute approximate surface area is 108 Å². The summed E-state index contributed by atoms with van der Waals surface area (Å²) >= 11 is 1.47. The summed E-state index contributed by atoms with van der Waals surface area (Å²) in [6.45, 7) is 0. The van der Waals surface area contributed by atoms with Crippen LogP contribution in [0.4, 0.5) is 4.39 Å². The number of nitrogens with zero attached hydrogens (tertiary/aromatic N) is 1. The second-order valence-electron chi connectivity index (χ2n) is 3.49. The molecule has 0 saturated carbocycles. The predicted octanol–water partition coefficient (Wildman–Crippen LogP) is 1.16. The van der Waals surface area contributed by atoms with Gasteiger partial charge in [-0.15, -0.1) is 0 Å². The number of carboxylic acid groups (broad SMARTS) is 1. The van der Waals surface area contributed by atoms with Crippen LogP contribution in [0.15, 0.2) is 18.3 Å². The van der Waals surface area contributed by atoms with Gasteiger partial charge in [0.15, 0.2) is 0 Å². The van der Waals surface area contributed by atoms with Crippen molar-refractivity contribution in [3.05, 3.63) is 29.8 Å². The van der Waals surface area contributed by atoms with Gasteiger partial charge in [-0.25, -0.2) is 9.78 Å². The van der Waals surface area contributed by atoms with Crippen LogP contribution < -0.4 is 5.32 Å². The smallest absolute Gasteiger partial charge is 0.326 e. The third-order valence-corrected chi connectivity index (χ3v) is 2.86. The fraction of sp³-hybridized carbons (Fsp3) is 0.364. The maximum atomic E-state index is 13.2. The Balaban J connectivity index is 2.72. The Morgan fingerprint density at radius 2 is 2.33 bits per heavy atom. The number of carboxylic acids is 1. The zero-order valence-corrected chi connectivity index (χ0v) is 10.5. The van der Waals surface area contributed by atoms with Crippen molar-refractivity contribution < 1.29 is 19.1 Å². The molecule has 0 aliphatic rings. The fourth-order valence-corrected chi connectivity index (χ4v) is 1.76. The Bertz CT molecular complexity index is 442. The van der Waals surface area contributed by atoms with Gasteiger partial charge in [-0.2, -0.15) is 16.2 Å². The molecule has 0 unspecified atom stereocenters. The first-order chi connectivity index (χ1) is 8.56. The molecule has 0 radical (unpaired) electrons. The molecule has 7 heteroatoms. The first-order valence-electron chi connectivity index (χ1n) is 5.19. The van der Waals surface area contributed by atoms with Crippen LogP contribution in [-0.2, 0) is 4.79 Å². The van der Waals surface area contributed by atoms with Crippen molar-refractivity contribution in [1.82, 2.24) is 10.3 Å². The number of hydrogen-bond donors (Lipinski definition) is 2. The normalized spacial score (nSPS) is 11.9. The standard InChI is InChI=1S/C11H13FN2O3S/c1-18-6-4-8(11(16)17)14-10(15)7-3-2-5-13-9(7)12/h2-3,5,8H,4,6H2,1H3,(H,14,15)(H,16,17)/t8-/m0/s1. The average Bonchev–Trinajstić information content (AvgIpc) is 2.34. The molecule has 0 aromatic carbocycles. The molecule has 1 aromatic rings. The summed E-state index contributed by atoms with van der Waals surface area (Å²) in [6.07, 6.45) is 3.33. The highest BCUT2D eigenvalue weighted by molar-refractivity contribution is 7.98. The molecule has 0 bridgehead atoms. The zero-order chi connectivity index (χ0) is 13.5. The molecule has 1 rings (SSSR count). The van der Waals surface area contributed by atoms with E-state index >= 15 is 0 Å². The molecule has 0 saturated heterocycles. The first-order valence-corrected chi connectivity index (χ1v) is 6.58. The third-order valence-electron chi connectivity index (χ3n) is 2.22. The van der Waals surface area contributed by atoms with Gasteiger partial charge in [0.1, 0.15) is 6.04 Å². The van der Waals surface area contributed by atoms with E-state index in [9.17, 15) is 14.0 Å². The van der Waals surface area contributed by atoms with E-state index in [0.29, 0.717) is 5.75 Å². The molecule has 18 heavy (non-hydrogen) atoms. The summed E-state index contributed by atoms with van der Waals surface area (Å²) in [5, 5.41) is 11.2. The molecule has 5 nitrogen and oxygen atoms in total. The summed E-state index contributed by atoms with van der Waals surface area (Å²) in [5.74, 6) is -2.23. The molecular formula is C11H13FN2O3S. The number of aromatic nitrogens is 1. The lowest BCUT2D eigenvalue weighted by molar-refractivity contribution is -0.139. The lowest BCUT2D eigenvalue weighted by Crippen LogP contribution is -2.41. The van der Waals surface area contributed by atoms with E-state index in [2.05, 4.69) is 10.3 Å². The molecule has 1 heterocycles. The summed E-state index contributed by atoms with van der Waals surface area (Å²) < 4.78 is 13.2. The first kappa shape index (κ1) is 14.4. The lowest BCUT2D eigenvalue weighted by atomic mass is 10.2. The SMILES string of the molecule is CSCC[C@H](NC(=O)c1cccnc1F)C(=O)O. The van der Waals surface area contributed by atoms with Crippen molar-refractivity contribution in [2.24, 2.45) is 0 Å². The number of aliphatic carboxylic acids is 1. The largest absolute Gasteiger partial charge is 0.480 e. The Kier molecular flexibility index (Phi) is 5.57. The van der Waals surface area contributed by atoms with Gasteiger partial charge in [-0.3, -0.25) is 4.79 Å². The van der Waals surface area contributed by atoms with Crippen LogP contribution in [-0.4, -0.2) is 40.0 Å². The van der Waals surface area contributed by atoms with Crippen molar-refractivity contribution in [3.8, 4) is 0 Å². The maximum Gasteiger partial charge on any atom is 0.326 e. The van der Waals surface area contributed by atoms with Crippen LogP contribution in [0, 0.1) is 5.95 Å². The molecule has 0 fully saturated rings. The average molecular weight is 272 g/mol. The van der Waals surface area contributed by atoms with Gasteiger partial charge in [0.25, 0.3) is 5.91 Å². The topological polar surface area (TPSA) is 79.3 Å². The van der Waals surface area contributed by atoms with E-state index in [1.54, 1.807) is 0 Å². The minimum atomic E-state index is -1.14. The minimum absolute atomic E-state index is 0.257. The van der Waals surface area contributed by atoms with Crippen LogP contribution in [0.2, 0.25) is 0 Å². The number of nitrogens with one attached hydrogen (secondary N) is 1. The molecule has 1 aromatic heterocycles. The number of amides is 1. The third kappa shape index (κ3) is 3.99. The van der Waals surface area contributed by atoms with Crippen molar-refractivity contribution >= 4 is 23.6 Å². The Hall–Kier alpha value is -1.63. The highest BCUT2D eigenvalue weighted by Gasteiger charge is 2.21. The summed E-state index contributed by atoms with van der Waals surface area (Å²) in [6, 6.07) is 1.64. The van der Waals surface area contributed by atoms with Gasteiger partial charge < -0.3 is 10.4 Å². The van der Waals surface area contributed by atoms with Crippen LogP contribution in [0.1, 0.15) is 16.8 Å². The van der Waals surface area contributed by atoms with E-state index in [1.807, 2.05) is 6.26 Å². The molecule has 0 aliphatic heterocycles. The van der Waals surface area contributed by atoms with Gasteiger partial charge in [0, 0.05) is 6.20 Å². The van der Waals surface area contributed by atoms with Crippen LogP contribution in [0.5, 0.6) is 0 Å².